The van der Waals surface area contributed by atoms with Crippen LogP contribution in [0.5, 0.6) is 5.75 Å². The van der Waals surface area contributed by atoms with Gasteiger partial charge in [0.05, 0.1) is 12.7 Å². The first-order chi connectivity index (χ1) is 11.2. The van der Waals surface area contributed by atoms with Crippen LogP contribution in [0, 0.1) is 0 Å². The Kier molecular flexibility index (Phi) is 9.14. The number of nitrogens with two attached hydrogens (primary N) is 1. The number of hydrogen-bond donors (Lipinski definition) is 2. The fraction of sp³-hybridized carbons (Fsp3) is 0.333. The summed E-state index contributed by atoms with van der Waals surface area (Å²) in [7, 11) is 0. The number of hydrogen-bond acceptors (Lipinski definition) is 3. The number of rotatable bonds is 7. The lowest BCUT2D eigenvalue weighted by Crippen LogP contribution is -2.25. The van der Waals surface area contributed by atoms with Crippen molar-refractivity contribution in [2.75, 3.05) is 18.5 Å². The van der Waals surface area contributed by atoms with Gasteiger partial charge in [-0.15, -0.1) is 24.0 Å². The van der Waals surface area contributed by atoms with Crippen molar-refractivity contribution in [3.05, 3.63) is 53.9 Å². The summed E-state index contributed by atoms with van der Waals surface area (Å²) in [4.78, 5) is 8.32. The van der Waals surface area contributed by atoms with Crippen LogP contribution in [-0.4, -0.2) is 24.1 Å². The van der Waals surface area contributed by atoms with E-state index in [0.29, 0.717) is 19.1 Å². The lowest BCUT2D eigenvalue weighted by molar-refractivity contribution is 0.327. The standard InChI is InChI=1S/C18H24N4O.HI/c1-3-14-7-5-8-15(4-2)17(14)22-18(19)21-11-12-23-16-9-6-10-20-13-16;/h5-10,13H,3-4,11-12H2,1-2H3,(H3,19,21,22);1H. The van der Waals surface area contributed by atoms with Gasteiger partial charge in [-0.05, 0) is 36.1 Å². The molecule has 5 nitrogen and oxygen atoms in total. The van der Waals surface area contributed by atoms with Gasteiger partial charge < -0.3 is 15.8 Å². The molecule has 2 rings (SSSR count). The van der Waals surface area contributed by atoms with Crippen molar-refractivity contribution in [3.63, 3.8) is 0 Å². The van der Waals surface area contributed by atoms with Crippen molar-refractivity contribution in [1.82, 2.24) is 4.98 Å². The van der Waals surface area contributed by atoms with Crippen LogP contribution >= 0.6 is 24.0 Å². The predicted octanol–water partition coefficient (Wildman–Crippen LogP) is 3.63. The SMILES string of the molecule is CCc1cccc(CC)c1NC(N)=NCCOc1cccnc1.I. The van der Waals surface area contributed by atoms with Crippen molar-refractivity contribution in [1.29, 1.82) is 0 Å². The van der Waals surface area contributed by atoms with Gasteiger partial charge in [-0.25, -0.2) is 4.99 Å². The number of halogens is 1. The molecule has 0 atom stereocenters. The first-order valence-corrected chi connectivity index (χ1v) is 7.95. The van der Waals surface area contributed by atoms with E-state index >= 15 is 0 Å². The maximum atomic E-state index is 6.00. The fourth-order valence-corrected chi connectivity index (χ4v) is 2.33. The van der Waals surface area contributed by atoms with E-state index in [1.165, 1.54) is 11.1 Å². The second-order valence-electron chi connectivity index (χ2n) is 5.09. The van der Waals surface area contributed by atoms with E-state index in [1.54, 1.807) is 12.4 Å². The zero-order valence-electron chi connectivity index (χ0n) is 14.2. The van der Waals surface area contributed by atoms with Crippen LogP contribution in [0.15, 0.2) is 47.7 Å². The Morgan fingerprint density at radius 2 is 1.88 bits per heavy atom. The minimum atomic E-state index is 0. The highest BCUT2D eigenvalue weighted by Crippen LogP contribution is 2.22. The number of para-hydroxylation sites is 1. The van der Waals surface area contributed by atoms with E-state index < -0.39 is 0 Å². The highest BCUT2D eigenvalue weighted by Gasteiger charge is 2.06. The summed E-state index contributed by atoms with van der Waals surface area (Å²) in [5.74, 6) is 1.15. The summed E-state index contributed by atoms with van der Waals surface area (Å²) in [6.07, 6.45) is 5.29. The van der Waals surface area contributed by atoms with Gasteiger partial charge in [0.2, 0.25) is 0 Å². The van der Waals surface area contributed by atoms with Crippen molar-refractivity contribution >= 4 is 35.6 Å². The Morgan fingerprint density at radius 1 is 1.17 bits per heavy atom. The Bertz CT molecular complexity index is 624. The van der Waals surface area contributed by atoms with E-state index in [0.717, 1.165) is 24.3 Å². The first kappa shape index (κ1) is 20.2. The van der Waals surface area contributed by atoms with E-state index in [9.17, 15) is 0 Å². The molecule has 130 valence electrons. The van der Waals surface area contributed by atoms with Gasteiger partial charge in [-0.2, -0.15) is 0 Å². The molecule has 0 fully saturated rings. The normalized spacial score (nSPS) is 10.8. The zero-order valence-corrected chi connectivity index (χ0v) is 16.5. The molecule has 2 aromatic rings. The molecule has 1 aromatic carbocycles. The van der Waals surface area contributed by atoms with Crippen LogP contribution in [-0.2, 0) is 12.8 Å². The Labute approximate surface area is 160 Å². The molecular weight excluding hydrogens is 415 g/mol. The van der Waals surface area contributed by atoms with Gasteiger partial charge in [0.15, 0.2) is 5.96 Å². The average Bonchev–Trinajstić information content (AvgIpc) is 2.60. The number of guanidine groups is 1. The van der Waals surface area contributed by atoms with Crippen LogP contribution in [0.3, 0.4) is 0 Å². The van der Waals surface area contributed by atoms with E-state index in [1.807, 2.05) is 12.1 Å². The number of pyridine rings is 1. The third-order valence-electron chi connectivity index (χ3n) is 3.53. The molecular formula is C18H25IN4O. The monoisotopic (exact) mass is 440 g/mol. The number of aliphatic imine (C=N–C) groups is 1. The smallest absolute Gasteiger partial charge is 0.193 e. The molecule has 0 saturated heterocycles. The molecule has 6 heteroatoms. The highest BCUT2D eigenvalue weighted by atomic mass is 127. The van der Waals surface area contributed by atoms with Crippen molar-refractivity contribution in [3.8, 4) is 5.75 Å². The second-order valence-corrected chi connectivity index (χ2v) is 5.09. The van der Waals surface area contributed by atoms with Crippen molar-refractivity contribution < 1.29 is 4.74 Å². The van der Waals surface area contributed by atoms with Crippen LogP contribution in [0.2, 0.25) is 0 Å². The highest BCUT2D eigenvalue weighted by molar-refractivity contribution is 14.0. The van der Waals surface area contributed by atoms with E-state index in [-0.39, 0.29) is 24.0 Å². The summed E-state index contributed by atoms with van der Waals surface area (Å²) in [6, 6.07) is 10.0. The molecule has 3 N–H and O–H groups in total. The molecule has 0 amide bonds. The van der Waals surface area contributed by atoms with Crippen LogP contribution in [0.4, 0.5) is 5.69 Å². The maximum absolute atomic E-state index is 6.00. The minimum Gasteiger partial charge on any atom is -0.490 e. The van der Waals surface area contributed by atoms with Crippen LogP contribution < -0.4 is 15.8 Å². The number of nitrogens with zero attached hydrogens (tertiary/aromatic N) is 2. The molecule has 0 spiro atoms. The number of ether oxygens (including phenoxy) is 1. The Balaban J connectivity index is 0.00000288. The summed E-state index contributed by atoms with van der Waals surface area (Å²) in [5.41, 5.74) is 9.57. The van der Waals surface area contributed by atoms with Gasteiger partial charge in [0.1, 0.15) is 12.4 Å². The third kappa shape index (κ3) is 5.99. The van der Waals surface area contributed by atoms with Gasteiger partial charge in [-0.1, -0.05) is 32.0 Å². The lowest BCUT2D eigenvalue weighted by atomic mass is 10.0. The van der Waals surface area contributed by atoms with Gasteiger partial charge in [0.25, 0.3) is 0 Å². The number of anilines is 1. The second kappa shape index (κ2) is 10.9. The van der Waals surface area contributed by atoms with Gasteiger partial charge >= 0.3 is 0 Å². The predicted molar refractivity (Wildman–Crippen MR) is 110 cm³/mol. The maximum Gasteiger partial charge on any atom is 0.193 e. The summed E-state index contributed by atoms with van der Waals surface area (Å²) in [5, 5.41) is 3.24. The molecule has 0 radical (unpaired) electrons. The van der Waals surface area contributed by atoms with Crippen molar-refractivity contribution in [2.24, 2.45) is 10.7 Å². The van der Waals surface area contributed by atoms with Crippen LogP contribution in [0.1, 0.15) is 25.0 Å². The van der Waals surface area contributed by atoms with Gasteiger partial charge in [0, 0.05) is 11.9 Å². The summed E-state index contributed by atoms with van der Waals surface area (Å²) >= 11 is 0. The fourth-order valence-electron chi connectivity index (χ4n) is 2.33. The Morgan fingerprint density at radius 3 is 2.46 bits per heavy atom. The molecule has 24 heavy (non-hydrogen) atoms. The minimum absolute atomic E-state index is 0. The van der Waals surface area contributed by atoms with Crippen LogP contribution in [0.25, 0.3) is 0 Å². The topological polar surface area (TPSA) is 72.5 Å². The largest absolute Gasteiger partial charge is 0.490 e. The summed E-state index contributed by atoms with van der Waals surface area (Å²) < 4.78 is 5.54. The molecule has 0 bridgehead atoms. The summed E-state index contributed by atoms with van der Waals surface area (Å²) in [6.45, 7) is 5.22. The third-order valence-corrected chi connectivity index (χ3v) is 3.53. The van der Waals surface area contributed by atoms with Gasteiger partial charge in [-0.3, -0.25) is 4.98 Å². The zero-order chi connectivity index (χ0) is 16.5. The van der Waals surface area contributed by atoms with Crippen molar-refractivity contribution in [2.45, 2.75) is 26.7 Å². The quantitative estimate of drug-likeness (QED) is 0.299. The molecule has 0 unspecified atom stereocenters. The number of benzene rings is 1. The van der Waals surface area contributed by atoms with E-state index in [2.05, 4.69) is 47.3 Å². The molecule has 0 aliphatic rings. The molecule has 1 heterocycles. The lowest BCUT2D eigenvalue weighted by Gasteiger charge is -2.14. The average molecular weight is 440 g/mol. The molecule has 0 saturated carbocycles. The molecule has 1 aromatic heterocycles. The number of nitrogens with one attached hydrogen (secondary N) is 1. The number of aryl methyl sites for hydroxylation is 2. The molecule has 0 aliphatic carbocycles. The first-order valence-electron chi connectivity index (χ1n) is 7.95. The number of aromatic nitrogens is 1. The van der Waals surface area contributed by atoms with E-state index in [4.69, 9.17) is 10.5 Å². The molecule has 0 aliphatic heterocycles. The Hall–Kier alpha value is -1.83.